The van der Waals surface area contributed by atoms with Crippen LogP contribution in [0, 0.1) is 0 Å². The van der Waals surface area contributed by atoms with Gasteiger partial charge in [-0.3, -0.25) is 4.79 Å². The van der Waals surface area contributed by atoms with Gasteiger partial charge in [0, 0.05) is 19.1 Å². The smallest absolute Gasteiger partial charge is 0.293 e. The SMILES string of the molecule is CC(C)(C)OC=O.NC1CCN(O)C1. The van der Waals surface area contributed by atoms with Gasteiger partial charge in [0.25, 0.3) is 6.47 Å². The summed E-state index contributed by atoms with van der Waals surface area (Å²) in [7, 11) is 0. The minimum atomic E-state index is -0.318. The molecule has 0 spiro atoms. The van der Waals surface area contributed by atoms with Crippen LogP contribution in [0.15, 0.2) is 0 Å². The second kappa shape index (κ2) is 5.95. The topological polar surface area (TPSA) is 75.8 Å². The van der Waals surface area contributed by atoms with Crippen LogP contribution in [-0.4, -0.2) is 41.5 Å². The lowest BCUT2D eigenvalue weighted by Gasteiger charge is -2.14. The van der Waals surface area contributed by atoms with E-state index in [1.807, 2.05) is 20.8 Å². The zero-order valence-corrected chi connectivity index (χ0v) is 9.06. The number of hydrogen-bond acceptors (Lipinski definition) is 5. The molecule has 0 aromatic rings. The Morgan fingerprint density at radius 2 is 2.14 bits per heavy atom. The van der Waals surface area contributed by atoms with Gasteiger partial charge in [0.15, 0.2) is 0 Å². The van der Waals surface area contributed by atoms with Crippen molar-refractivity contribution >= 4 is 6.47 Å². The summed E-state index contributed by atoms with van der Waals surface area (Å²) < 4.78 is 4.55. The third-order valence-corrected chi connectivity index (χ3v) is 1.60. The summed E-state index contributed by atoms with van der Waals surface area (Å²) >= 11 is 0. The van der Waals surface area contributed by atoms with Crippen molar-refractivity contribution in [3.63, 3.8) is 0 Å². The Morgan fingerprint density at radius 1 is 1.57 bits per heavy atom. The third kappa shape index (κ3) is 7.97. The van der Waals surface area contributed by atoms with E-state index < -0.39 is 0 Å². The maximum absolute atomic E-state index is 9.60. The molecule has 14 heavy (non-hydrogen) atoms. The molecule has 1 aliphatic heterocycles. The van der Waals surface area contributed by atoms with Gasteiger partial charge in [-0.05, 0) is 27.2 Å². The van der Waals surface area contributed by atoms with Crippen LogP contribution < -0.4 is 5.73 Å². The quantitative estimate of drug-likeness (QED) is 0.603. The predicted molar refractivity (Wildman–Crippen MR) is 52.9 cm³/mol. The fourth-order valence-corrected chi connectivity index (χ4v) is 0.912. The summed E-state index contributed by atoms with van der Waals surface area (Å²) in [5.41, 5.74) is 5.11. The summed E-state index contributed by atoms with van der Waals surface area (Å²) in [4.78, 5) is 9.60. The molecule has 1 aliphatic rings. The molecule has 1 rings (SSSR count). The van der Waals surface area contributed by atoms with Gasteiger partial charge in [0.1, 0.15) is 5.60 Å². The van der Waals surface area contributed by atoms with Crippen molar-refractivity contribution in [1.82, 2.24) is 5.06 Å². The zero-order valence-electron chi connectivity index (χ0n) is 9.06. The molecule has 3 N–H and O–H groups in total. The van der Waals surface area contributed by atoms with E-state index in [0.717, 1.165) is 13.0 Å². The molecule has 1 atom stereocenters. The lowest BCUT2D eigenvalue weighted by Crippen LogP contribution is -2.23. The van der Waals surface area contributed by atoms with Gasteiger partial charge in [-0.1, -0.05) is 0 Å². The highest BCUT2D eigenvalue weighted by atomic mass is 16.5. The number of nitrogens with zero attached hydrogens (tertiary/aromatic N) is 1. The molecule has 1 fully saturated rings. The molecule has 0 bridgehead atoms. The third-order valence-electron chi connectivity index (χ3n) is 1.60. The molecule has 0 radical (unpaired) electrons. The molecule has 1 saturated heterocycles. The average Bonchev–Trinajstić information content (AvgIpc) is 2.33. The minimum Gasteiger partial charge on any atom is -0.462 e. The number of carbonyl (C=O) groups excluding carboxylic acids is 1. The highest BCUT2D eigenvalue weighted by Gasteiger charge is 2.15. The first kappa shape index (κ1) is 13.4. The Bertz CT molecular complexity index is 160. The van der Waals surface area contributed by atoms with E-state index in [1.54, 1.807) is 0 Å². The minimum absolute atomic E-state index is 0.199. The van der Waals surface area contributed by atoms with Crippen molar-refractivity contribution in [3.8, 4) is 0 Å². The van der Waals surface area contributed by atoms with Crippen molar-refractivity contribution in [2.75, 3.05) is 13.1 Å². The van der Waals surface area contributed by atoms with Gasteiger partial charge in [-0.2, -0.15) is 5.06 Å². The van der Waals surface area contributed by atoms with Gasteiger partial charge in [0.2, 0.25) is 0 Å². The largest absolute Gasteiger partial charge is 0.462 e. The van der Waals surface area contributed by atoms with Gasteiger partial charge < -0.3 is 15.7 Å². The first-order chi connectivity index (χ1) is 6.35. The normalized spacial score (nSPS) is 22.5. The number of nitrogens with two attached hydrogens (primary N) is 1. The predicted octanol–water partition coefficient (Wildman–Crippen LogP) is 0.366. The zero-order chi connectivity index (χ0) is 11.2. The number of carbonyl (C=O) groups is 1. The van der Waals surface area contributed by atoms with E-state index in [1.165, 1.54) is 5.06 Å². The summed E-state index contributed by atoms with van der Waals surface area (Å²) in [6, 6.07) is 0.199. The van der Waals surface area contributed by atoms with Crippen LogP contribution in [-0.2, 0) is 9.53 Å². The molecule has 5 nitrogen and oxygen atoms in total. The Labute approximate surface area is 84.8 Å². The summed E-state index contributed by atoms with van der Waals surface area (Å²) in [5.74, 6) is 0. The molecule has 84 valence electrons. The molecule has 5 heteroatoms. The van der Waals surface area contributed by atoms with E-state index >= 15 is 0 Å². The summed E-state index contributed by atoms with van der Waals surface area (Å²) in [6.45, 7) is 7.30. The fraction of sp³-hybridized carbons (Fsp3) is 0.889. The second-order valence-corrected chi connectivity index (χ2v) is 4.29. The second-order valence-electron chi connectivity index (χ2n) is 4.29. The molecule has 0 saturated carbocycles. The van der Waals surface area contributed by atoms with Crippen molar-refractivity contribution < 1.29 is 14.7 Å². The number of ether oxygens (including phenoxy) is 1. The van der Waals surface area contributed by atoms with Gasteiger partial charge >= 0.3 is 0 Å². The van der Waals surface area contributed by atoms with Crippen LogP contribution in [0.3, 0.4) is 0 Å². The summed E-state index contributed by atoms with van der Waals surface area (Å²) in [5, 5.41) is 9.91. The average molecular weight is 204 g/mol. The Morgan fingerprint density at radius 3 is 2.21 bits per heavy atom. The number of rotatable bonds is 1. The highest BCUT2D eigenvalue weighted by molar-refractivity contribution is 5.37. The fourth-order valence-electron chi connectivity index (χ4n) is 0.912. The van der Waals surface area contributed by atoms with Crippen molar-refractivity contribution in [2.24, 2.45) is 5.73 Å². The molecule has 0 aromatic heterocycles. The van der Waals surface area contributed by atoms with E-state index in [4.69, 9.17) is 10.9 Å². The lowest BCUT2D eigenvalue weighted by atomic mass is 10.2. The van der Waals surface area contributed by atoms with Crippen molar-refractivity contribution in [3.05, 3.63) is 0 Å². The van der Waals surface area contributed by atoms with Gasteiger partial charge in [-0.25, -0.2) is 0 Å². The Kier molecular flexibility index (Phi) is 5.68. The number of hydrogen-bond donors (Lipinski definition) is 2. The van der Waals surface area contributed by atoms with E-state index in [2.05, 4.69) is 4.74 Å². The van der Waals surface area contributed by atoms with Crippen molar-refractivity contribution in [2.45, 2.75) is 38.8 Å². The highest BCUT2D eigenvalue weighted by Crippen LogP contribution is 2.02. The van der Waals surface area contributed by atoms with Gasteiger partial charge in [-0.15, -0.1) is 0 Å². The van der Waals surface area contributed by atoms with Gasteiger partial charge in [0.05, 0.1) is 0 Å². The van der Waals surface area contributed by atoms with E-state index in [0.29, 0.717) is 13.0 Å². The standard InChI is InChI=1S/C5H10O2.C4H10N2O/c1-5(2,3)7-4-6;5-4-1-2-6(7)3-4/h4H,1-3H3;4,7H,1-3,5H2. The maximum atomic E-state index is 9.60. The number of hydroxylamine groups is 2. The Hall–Kier alpha value is -0.650. The first-order valence-corrected chi connectivity index (χ1v) is 4.66. The van der Waals surface area contributed by atoms with Crippen molar-refractivity contribution in [1.29, 1.82) is 0 Å². The first-order valence-electron chi connectivity index (χ1n) is 4.66. The van der Waals surface area contributed by atoms with E-state index in [9.17, 15) is 4.79 Å². The molecular weight excluding hydrogens is 184 g/mol. The maximum Gasteiger partial charge on any atom is 0.293 e. The van der Waals surface area contributed by atoms with Crippen LogP contribution in [0.4, 0.5) is 0 Å². The summed E-state index contributed by atoms with van der Waals surface area (Å²) in [6.07, 6.45) is 0.927. The molecule has 0 amide bonds. The van der Waals surface area contributed by atoms with Crippen LogP contribution in [0.5, 0.6) is 0 Å². The molecular formula is C9H20N2O3. The Balaban J connectivity index is 0.000000241. The molecule has 0 aromatic carbocycles. The van der Waals surface area contributed by atoms with Crippen LogP contribution >= 0.6 is 0 Å². The molecule has 1 unspecified atom stereocenters. The monoisotopic (exact) mass is 204 g/mol. The molecule has 0 aliphatic carbocycles. The van der Waals surface area contributed by atoms with E-state index in [-0.39, 0.29) is 11.6 Å². The van der Waals surface area contributed by atoms with Crippen LogP contribution in [0.2, 0.25) is 0 Å². The molecule has 1 heterocycles. The van der Waals surface area contributed by atoms with Crippen LogP contribution in [0.1, 0.15) is 27.2 Å². The lowest BCUT2D eigenvalue weighted by molar-refractivity contribution is -0.138. The van der Waals surface area contributed by atoms with Crippen LogP contribution in [0.25, 0.3) is 0 Å².